The summed E-state index contributed by atoms with van der Waals surface area (Å²) < 4.78 is 1.97. The number of imidazole rings is 1. The van der Waals surface area contributed by atoms with Gasteiger partial charge < -0.3 is 15.2 Å². The van der Waals surface area contributed by atoms with Crippen LogP contribution in [0.1, 0.15) is 11.3 Å². The number of primary amides is 1. The van der Waals surface area contributed by atoms with Gasteiger partial charge in [0, 0.05) is 31.9 Å². The monoisotopic (exact) mass is 368 g/mol. The molecule has 0 fully saturated rings. The summed E-state index contributed by atoms with van der Waals surface area (Å²) in [5.74, 6) is 0.288. The summed E-state index contributed by atoms with van der Waals surface area (Å²) in [4.78, 5) is 18.1. The molecule has 0 unspecified atom stereocenters. The van der Waals surface area contributed by atoms with Gasteiger partial charge in [0.15, 0.2) is 5.15 Å². The second-order valence-corrected chi connectivity index (χ2v) is 6.69. The molecule has 0 saturated heterocycles. The first kappa shape index (κ1) is 18.0. The van der Waals surface area contributed by atoms with Crippen molar-refractivity contribution >= 4 is 23.2 Å². The lowest BCUT2D eigenvalue weighted by molar-refractivity contribution is -0.117. The van der Waals surface area contributed by atoms with Crippen LogP contribution in [0.2, 0.25) is 5.15 Å². The molecule has 3 rings (SSSR count). The molecule has 26 heavy (non-hydrogen) atoms. The fourth-order valence-corrected chi connectivity index (χ4v) is 3.10. The number of hydrogen-bond acceptors (Lipinski definition) is 3. The van der Waals surface area contributed by atoms with E-state index in [1.807, 2.05) is 78.2 Å². The van der Waals surface area contributed by atoms with Crippen LogP contribution in [0.3, 0.4) is 0 Å². The number of halogens is 1. The van der Waals surface area contributed by atoms with Gasteiger partial charge in [-0.3, -0.25) is 4.79 Å². The van der Waals surface area contributed by atoms with Crippen molar-refractivity contribution in [2.24, 2.45) is 5.73 Å². The van der Waals surface area contributed by atoms with Crippen LogP contribution in [0.25, 0.3) is 11.4 Å². The number of rotatable bonds is 6. The molecule has 0 bridgehead atoms. The number of nitrogens with zero attached hydrogens (tertiary/aromatic N) is 3. The van der Waals surface area contributed by atoms with E-state index in [1.54, 1.807) is 0 Å². The Hall–Kier alpha value is -2.79. The van der Waals surface area contributed by atoms with Crippen LogP contribution < -0.4 is 10.6 Å². The minimum Gasteiger partial charge on any atom is -0.378 e. The quantitative estimate of drug-likeness (QED) is 0.725. The molecule has 0 radical (unpaired) electrons. The van der Waals surface area contributed by atoms with Crippen LogP contribution in [-0.4, -0.2) is 29.6 Å². The summed E-state index contributed by atoms with van der Waals surface area (Å²) in [5.41, 5.74) is 9.17. The molecule has 3 aromatic rings. The standard InChI is InChI=1S/C20H21ClN4O/c1-24(2)16-10-8-15(9-11-16)20-23-19(21)17(12-18(22)26)25(20)13-14-6-4-3-5-7-14/h3-11H,12-13H2,1-2H3,(H2,22,26). The topological polar surface area (TPSA) is 64.2 Å². The molecular weight excluding hydrogens is 348 g/mol. The number of hydrogen-bond donors (Lipinski definition) is 1. The Morgan fingerprint density at radius 1 is 1.12 bits per heavy atom. The Labute approximate surface area is 158 Å². The van der Waals surface area contributed by atoms with Gasteiger partial charge >= 0.3 is 0 Å². The number of nitrogens with two attached hydrogens (primary N) is 1. The molecule has 1 amide bonds. The second-order valence-electron chi connectivity index (χ2n) is 6.33. The molecule has 5 nitrogen and oxygen atoms in total. The lowest BCUT2D eigenvalue weighted by Crippen LogP contribution is -2.17. The summed E-state index contributed by atoms with van der Waals surface area (Å²) >= 11 is 6.34. The first-order valence-electron chi connectivity index (χ1n) is 8.30. The molecule has 0 aliphatic carbocycles. The highest BCUT2D eigenvalue weighted by Gasteiger charge is 2.19. The number of aromatic nitrogens is 2. The van der Waals surface area contributed by atoms with Crippen molar-refractivity contribution in [1.29, 1.82) is 0 Å². The summed E-state index contributed by atoms with van der Waals surface area (Å²) in [6, 6.07) is 18.0. The number of carbonyl (C=O) groups excluding carboxylic acids is 1. The van der Waals surface area contributed by atoms with Crippen LogP contribution in [0.5, 0.6) is 0 Å². The number of carbonyl (C=O) groups is 1. The maximum Gasteiger partial charge on any atom is 0.223 e. The van der Waals surface area contributed by atoms with E-state index in [-0.39, 0.29) is 6.42 Å². The highest BCUT2D eigenvalue weighted by molar-refractivity contribution is 6.30. The minimum atomic E-state index is -0.435. The number of anilines is 1. The lowest BCUT2D eigenvalue weighted by atomic mass is 10.1. The van der Waals surface area contributed by atoms with Gasteiger partial charge in [-0.25, -0.2) is 4.98 Å². The zero-order valence-electron chi connectivity index (χ0n) is 14.8. The maximum absolute atomic E-state index is 11.5. The van der Waals surface area contributed by atoms with Crippen molar-refractivity contribution in [2.75, 3.05) is 19.0 Å². The van der Waals surface area contributed by atoms with E-state index in [2.05, 4.69) is 4.98 Å². The van der Waals surface area contributed by atoms with Gasteiger partial charge in [0.25, 0.3) is 0 Å². The van der Waals surface area contributed by atoms with E-state index in [0.29, 0.717) is 17.4 Å². The third-order valence-corrected chi connectivity index (χ3v) is 4.49. The first-order valence-corrected chi connectivity index (χ1v) is 8.68. The first-order chi connectivity index (χ1) is 12.5. The molecule has 2 aromatic carbocycles. The van der Waals surface area contributed by atoms with Gasteiger partial charge in [-0.15, -0.1) is 0 Å². The van der Waals surface area contributed by atoms with E-state index in [4.69, 9.17) is 17.3 Å². The normalized spacial score (nSPS) is 10.7. The van der Waals surface area contributed by atoms with Crippen molar-refractivity contribution in [3.63, 3.8) is 0 Å². The van der Waals surface area contributed by atoms with E-state index in [1.165, 1.54) is 0 Å². The Balaban J connectivity index is 2.07. The third-order valence-electron chi connectivity index (χ3n) is 4.19. The predicted molar refractivity (Wildman–Crippen MR) is 105 cm³/mol. The zero-order chi connectivity index (χ0) is 18.7. The van der Waals surface area contributed by atoms with Crippen molar-refractivity contribution in [2.45, 2.75) is 13.0 Å². The van der Waals surface area contributed by atoms with Crippen molar-refractivity contribution in [3.8, 4) is 11.4 Å². The van der Waals surface area contributed by atoms with Crippen LogP contribution in [-0.2, 0) is 17.8 Å². The molecular formula is C20H21ClN4O. The average molecular weight is 369 g/mol. The molecule has 6 heteroatoms. The van der Waals surface area contributed by atoms with E-state index in [0.717, 1.165) is 22.6 Å². The average Bonchev–Trinajstić information content (AvgIpc) is 2.91. The van der Waals surface area contributed by atoms with Gasteiger partial charge in [0.2, 0.25) is 5.91 Å². The Morgan fingerprint density at radius 2 is 1.77 bits per heavy atom. The highest BCUT2D eigenvalue weighted by atomic mass is 35.5. The molecule has 0 aliphatic heterocycles. The molecule has 0 atom stereocenters. The molecule has 0 spiro atoms. The number of benzene rings is 2. The van der Waals surface area contributed by atoms with Crippen LogP contribution in [0.4, 0.5) is 5.69 Å². The second kappa shape index (κ2) is 7.62. The van der Waals surface area contributed by atoms with Gasteiger partial charge in [-0.2, -0.15) is 0 Å². The maximum atomic E-state index is 11.5. The van der Waals surface area contributed by atoms with Gasteiger partial charge in [0.1, 0.15) is 5.82 Å². The lowest BCUT2D eigenvalue weighted by Gasteiger charge is -2.14. The van der Waals surface area contributed by atoms with Crippen molar-refractivity contribution in [1.82, 2.24) is 9.55 Å². The SMILES string of the molecule is CN(C)c1ccc(-c2nc(Cl)c(CC(N)=O)n2Cc2ccccc2)cc1. The van der Waals surface area contributed by atoms with Crippen molar-refractivity contribution < 1.29 is 4.79 Å². The Morgan fingerprint density at radius 3 is 2.35 bits per heavy atom. The van der Waals surface area contributed by atoms with E-state index >= 15 is 0 Å². The summed E-state index contributed by atoms with van der Waals surface area (Å²) in [7, 11) is 3.99. The molecule has 2 N–H and O–H groups in total. The Bertz CT molecular complexity index is 902. The molecule has 0 saturated carbocycles. The van der Waals surface area contributed by atoms with Gasteiger partial charge in [0.05, 0.1) is 12.1 Å². The summed E-state index contributed by atoms with van der Waals surface area (Å²) in [5, 5.41) is 0.311. The van der Waals surface area contributed by atoms with Crippen LogP contribution in [0, 0.1) is 0 Å². The van der Waals surface area contributed by atoms with Crippen molar-refractivity contribution in [3.05, 3.63) is 71.0 Å². The molecule has 1 aromatic heterocycles. The van der Waals surface area contributed by atoms with Gasteiger partial charge in [-0.1, -0.05) is 41.9 Å². The number of amides is 1. The fraction of sp³-hybridized carbons (Fsp3) is 0.200. The molecule has 0 aliphatic rings. The van der Waals surface area contributed by atoms with Crippen LogP contribution >= 0.6 is 11.6 Å². The highest BCUT2D eigenvalue weighted by Crippen LogP contribution is 2.28. The summed E-state index contributed by atoms with van der Waals surface area (Å²) in [6.07, 6.45) is 0.0500. The van der Waals surface area contributed by atoms with E-state index < -0.39 is 5.91 Å². The fourth-order valence-electron chi connectivity index (χ4n) is 2.86. The summed E-state index contributed by atoms with van der Waals surface area (Å²) in [6.45, 7) is 0.563. The molecule has 134 valence electrons. The van der Waals surface area contributed by atoms with Crippen LogP contribution in [0.15, 0.2) is 54.6 Å². The predicted octanol–water partition coefficient (Wildman–Crippen LogP) is 3.35. The minimum absolute atomic E-state index is 0.0500. The Kier molecular flexibility index (Phi) is 5.28. The largest absolute Gasteiger partial charge is 0.378 e. The van der Waals surface area contributed by atoms with Gasteiger partial charge in [-0.05, 0) is 29.8 Å². The smallest absolute Gasteiger partial charge is 0.223 e. The van der Waals surface area contributed by atoms with E-state index in [9.17, 15) is 4.79 Å². The third kappa shape index (κ3) is 3.89. The molecule has 1 heterocycles. The zero-order valence-corrected chi connectivity index (χ0v) is 15.6.